The zero-order valence-corrected chi connectivity index (χ0v) is 20.1. The number of hydrogen-bond acceptors (Lipinski definition) is 2. The number of rotatable bonds is 6. The third kappa shape index (κ3) is 8.32. The van der Waals surface area contributed by atoms with Crippen LogP contribution >= 0.6 is 24.0 Å². The SMILES string of the molecule is CN=C(NCCNC(=O)Cc1ccc(F)cc1)N1CCC(=Cc2ccccc2)CC1.I. The molecule has 1 fully saturated rings. The van der Waals surface area contributed by atoms with E-state index in [1.807, 2.05) is 6.07 Å². The molecule has 2 aromatic carbocycles. The maximum Gasteiger partial charge on any atom is 0.224 e. The Balaban J connectivity index is 0.00000341. The summed E-state index contributed by atoms with van der Waals surface area (Å²) in [6.45, 7) is 2.96. The summed E-state index contributed by atoms with van der Waals surface area (Å²) < 4.78 is 12.9. The summed E-state index contributed by atoms with van der Waals surface area (Å²) in [5.41, 5.74) is 3.51. The van der Waals surface area contributed by atoms with E-state index in [-0.39, 0.29) is 42.1 Å². The van der Waals surface area contributed by atoms with Gasteiger partial charge in [-0.3, -0.25) is 9.79 Å². The Hall–Kier alpha value is -2.42. The normalized spacial score (nSPS) is 13.9. The summed E-state index contributed by atoms with van der Waals surface area (Å²) in [5, 5.41) is 6.21. The van der Waals surface area contributed by atoms with Crippen LogP contribution in [0.3, 0.4) is 0 Å². The van der Waals surface area contributed by atoms with Gasteiger partial charge in [-0.1, -0.05) is 54.1 Å². The minimum Gasteiger partial charge on any atom is -0.354 e. The highest BCUT2D eigenvalue weighted by molar-refractivity contribution is 14.0. The molecule has 1 aliphatic heterocycles. The summed E-state index contributed by atoms with van der Waals surface area (Å²) in [6.07, 6.45) is 4.57. The lowest BCUT2D eigenvalue weighted by atomic mass is 10.0. The molecule has 0 radical (unpaired) electrons. The van der Waals surface area contributed by atoms with Crippen molar-refractivity contribution in [3.05, 3.63) is 77.1 Å². The fourth-order valence-corrected chi connectivity index (χ4v) is 3.49. The zero-order chi connectivity index (χ0) is 21.2. The van der Waals surface area contributed by atoms with Crippen LogP contribution in [-0.2, 0) is 11.2 Å². The van der Waals surface area contributed by atoms with Crippen LogP contribution in [0, 0.1) is 5.82 Å². The second-order valence-corrected chi connectivity index (χ2v) is 7.33. The van der Waals surface area contributed by atoms with Gasteiger partial charge in [0.1, 0.15) is 5.82 Å². The van der Waals surface area contributed by atoms with Crippen LogP contribution in [0.2, 0.25) is 0 Å². The number of carbonyl (C=O) groups excluding carboxylic acids is 1. The van der Waals surface area contributed by atoms with Gasteiger partial charge < -0.3 is 15.5 Å². The lowest BCUT2D eigenvalue weighted by molar-refractivity contribution is -0.120. The van der Waals surface area contributed by atoms with E-state index in [2.05, 4.69) is 50.9 Å². The molecule has 0 bridgehead atoms. The van der Waals surface area contributed by atoms with Crippen molar-refractivity contribution in [1.29, 1.82) is 0 Å². The maximum atomic E-state index is 12.9. The standard InChI is InChI=1S/C24H29FN4O.HI/c1-26-24(28-14-13-27-23(30)18-20-7-9-22(25)10-8-20)29-15-11-21(12-16-29)17-19-5-3-2-4-6-19;/h2-10,17H,11-16,18H2,1H3,(H,26,28)(H,27,30);1H. The number of hydrogen-bond donors (Lipinski definition) is 2. The second kappa shape index (κ2) is 13.1. The first-order valence-corrected chi connectivity index (χ1v) is 10.4. The van der Waals surface area contributed by atoms with Crippen molar-refractivity contribution >= 4 is 41.9 Å². The second-order valence-electron chi connectivity index (χ2n) is 7.33. The third-order valence-electron chi connectivity index (χ3n) is 5.10. The molecule has 0 atom stereocenters. The van der Waals surface area contributed by atoms with Crippen LogP contribution in [-0.4, -0.2) is 50.0 Å². The topological polar surface area (TPSA) is 56.7 Å². The minimum atomic E-state index is -0.296. The summed E-state index contributed by atoms with van der Waals surface area (Å²) in [6, 6.07) is 16.4. The largest absolute Gasteiger partial charge is 0.354 e. The summed E-state index contributed by atoms with van der Waals surface area (Å²) in [7, 11) is 1.78. The molecule has 0 saturated carbocycles. The van der Waals surface area contributed by atoms with Crippen LogP contribution in [0.15, 0.2) is 65.2 Å². The fraction of sp³-hybridized carbons (Fsp3) is 0.333. The van der Waals surface area contributed by atoms with E-state index in [0.29, 0.717) is 13.1 Å². The third-order valence-corrected chi connectivity index (χ3v) is 5.10. The molecule has 1 amide bonds. The fourth-order valence-electron chi connectivity index (χ4n) is 3.49. The molecule has 0 spiro atoms. The Morgan fingerprint density at radius 1 is 1.03 bits per heavy atom. The number of carbonyl (C=O) groups is 1. The average molecular weight is 536 g/mol. The van der Waals surface area contributed by atoms with Gasteiger partial charge in [-0.15, -0.1) is 24.0 Å². The molecule has 2 aromatic rings. The van der Waals surface area contributed by atoms with Gasteiger partial charge in [0.25, 0.3) is 0 Å². The summed E-state index contributed by atoms with van der Waals surface area (Å²) in [4.78, 5) is 18.6. The lowest BCUT2D eigenvalue weighted by Crippen LogP contribution is -2.46. The van der Waals surface area contributed by atoms with Crippen LogP contribution < -0.4 is 10.6 Å². The van der Waals surface area contributed by atoms with E-state index in [0.717, 1.165) is 37.5 Å². The van der Waals surface area contributed by atoms with Gasteiger partial charge in [0, 0.05) is 33.2 Å². The molecule has 166 valence electrons. The van der Waals surface area contributed by atoms with Crippen LogP contribution in [0.1, 0.15) is 24.0 Å². The Bertz CT molecular complexity index is 874. The number of aliphatic imine (C=N–C) groups is 1. The number of piperidine rings is 1. The molecule has 1 heterocycles. The molecule has 0 aliphatic carbocycles. The number of nitrogens with one attached hydrogen (secondary N) is 2. The van der Waals surface area contributed by atoms with Gasteiger partial charge in [-0.25, -0.2) is 4.39 Å². The van der Waals surface area contributed by atoms with Crippen molar-refractivity contribution in [2.75, 3.05) is 33.2 Å². The molecule has 0 aromatic heterocycles. The number of halogens is 2. The van der Waals surface area contributed by atoms with E-state index < -0.39 is 0 Å². The highest BCUT2D eigenvalue weighted by atomic mass is 127. The monoisotopic (exact) mass is 536 g/mol. The quantitative estimate of drug-likeness (QED) is 0.255. The van der Waals surface area contributed by atoms with Gasteiger partial charge in [0.15, 0.2) is 5.96 Å². The molecule has 31 heavy (non-hydrogen) atoms. The Morgan fingerprint density at radius 3 is 2.32 bits per heavy atom. The number of guanidine groups is 1. The molecule has 1 saturated heterocycles. The van der Waals surface area contributed by atoms with Crippen molar-refractivity contribution in [3.63, 3.8) is 0 Å². The van der Waals surface area contributed by atoms with Crippen LogP contribution in [0.5, 0.6) is 0 Å². The van der Waals surface area contributed by atoms with Crippen molar-refractivity contribution in [1.82, 2.24) is 15.5 Å². The number of benzene rings is 2. The maximum absolute atomic E-state index is 12.9. The molecule has 1 aliphatic rings. The van der Waals surface area contributed by atoms with Gasteiger partial charge in [-0.05, 0) is 36.1 Å². The van der Waals surface area contributed by atoms with E-state index >= 15 is 0 Å². The molecular formula is C24H30FIN4O. The van der Waals surface area contributed by atoms with E-state index in [1.165, 1.54) is 23.3 Å². The van der Waals surface area contributed by atoms with Crippen molar-refractivity contribution in [2.45, 2.75) is 19.3 Å². The van der Waals surface area contributed by atoms with E-state index in [4.69, 9.17) is 0 Å². The number of amides is 1. The van der Waals surface area contributed by atoms with Gasteiger partial charge in [0.05, 0.1) is 6.42 Å². The summed E-state index contributed by atoms with van der Waals surface area (Å²) in [5.74, 6) is 0.490. The Morgan fingerprint density at radius 2 is 1.68 bits per heavy atom. The predicted molar refractivity (Wildman–Crippen MR) is 135 cm³/mol. The molecule has 7 heteroatoms. The molecule has 3 rings (SSSR count). The highest BCUT2D eigenvalue weighted by Gasteiger charge is 2.17. The average Bonchev–Trinajstić information content (AvgIpc) is 2.77. The van der Waals surface area contributed by atoms with E-state index in [1.54, 1.807) is 19.2 Å². The van der Waals surface area contributed by atoms with Gasteiger partial charge in [-0.2, -0.15) is 0 Å². The highest BCUT2D eigenvalue weighted by Crippen LogP contribution is 2.19. The first-order chi connectivity index (χ1) is 14.6. The minimum absolute atomic E-state index is 0. The molecule has 2 N–H and O–H groups in total. The Kier molecular flexibility index (Phi) is 10.5. The van der Waals surface area contributed by atoms with Gasteiger partial charge in [0.2, 0.25) is 5.91 Å². The lowest BCUT2D eigenvalue weighted by Gasteiger charge is -2.31. The first kappa shape index (κ1) is 24.8. The Labute approximate surface area is 200 Å². The van der Waals surface area contributed by atoms with Crippen LogP contribution in [0.25, 0.3) is 6.08 Å². The van der Waals surface area contributed by atoms with Gasteiger partial charge >= 0.3 is 0 Å². The zero-order valence-electron chi connectivity index (χ0n) is 17.8. The van der Waals surface area contributed by atoms with E-state index in [9.17, 15) is 9.18 Å². The predicted octanol–water partition coefficient (Wildman–Crippen LogP) is 3.86. The smallest absolute Gasteiger partial charge is 0.224 e. The van der Waals surface area contributed by atoms with Crippen molar-refractivity contribution in [2.24, 2.45) is 4.99 Å². The number of nitrogens with zero attached hydrogens (tertiary/aromatic N) is 2. The molecule has 0 unspecified atom stereocenters. The molecular weight excluding hydrogens is 506 g/mol. The summed E-state index contributed by atoms with van der Waals surface area (Å²) >= 11 is 0. The van der Waals surface area contributed by atoms with Crippen molar-refractivity contribution in [3.8, 4) is 0 Å². The number of likely N-dealkylation sites (tertiary alicyclic amines) is 1. The first-order valence-electron chi connectivity index (χ1n) is 10.4. The van der Waals surface area contributed by atoms with Crippen LogP contribution in [0.4, 0.5) is 4.39 Å². The molecule has 5 nitrogen and oxygen atoms in total. The van der Waals surface area contributed by atoms with Crippen molar-refractivity contribution < 1.29 is 9.18 Å².